The normalized spacial score (nSPS) is 10.2. The van der Waals surface area contributed by atoms with Crippen LogP contribution in [0.25, 0.3) is 0 Å². The molecule has 0 spiro atoms. The first-order valence-corrected chi connectivity index (χ1v) is 6.72. The summed E-state index contributed by atoms with van der Waals surface area (Å²) in [4.78, 5) is 23.0. The quantitative estimate of drug-likeness (QED) is 0.464. The molecule has 0 saturated carbocycles. The van der Waals surface area contributed by atoms with Crippen LogP contribution in [0.3, 0.4) is 0 Å². The molecule has 0 atom stereocenters. The van der Waals surface area contributed by atoms with Crippen molar-refractivity contribution in [2.75, 3.05) is 12.0 Å². The van der Waals surface area contributed by atoms with E-state index in [4.69, 9.17) is 10.6 Å². The highest BCUT2D eigenvalue weighted by atomic mass is 32.2. The fraction of sp³-hybridized carbons (Fsp3) is 0.182. The van der Waals surface area contributed by atoms with E-state index in [9.17, 15) is 10.1 Å². The molecule has 0 amide bonds. The Morgan fingerprint density at radius 3 is 2.62 bits per heavy atom. The van der Waals surface area contributed by atoms with E-state index in [-0.39, 0.29) is 17.6 Å². The lowest BCUT2D eigenvalue weighted by atomic mass is 10.3. The van der Waals surface area contributed by atoms with Gasteiger partial charge in [0.25, 0.3) is 5.69 Å². The molecule has 21 heavy (non-hydrogen) atoms. The summed E-state index contributed by atoms with van der Waals surface area (Å²) >= 11 is 1.22. The highest BCUT2D eigenvalue weighted by Gasteiger charge is 2.10. The molecule has 0 aliphatic heterocycles. The summed E-state index contributed by atoms with van der Waals surface area (Å²) in [6.07, 6.45) is 0. The smallest absolute Gasteiger partial charge is 0.322 e. The molecule has 2 rings (SSSR count). The van der Waals surface area contributed by atoms with Crippen molar-refractivity contribution in [3.05, 3.63) is 34.4 Å². The van der Waals surface area contributed by atoms with Crippen LogP contribution >= 0.6 is 11.8 Å². The SMILES string of the molecule is CCOc1nc(NN)nc(Sc2ccc([N+](=O)[O-])cc2)n1. The van der Waals surface area contributed by atoms with E-state index >= 15 is 0 Å². The van der Waals surface area contributed by atoms with E-state index in [0.717, 1.165) is 4.90 Å². The topological polar surface area (TPSA) is 129 Å². The molecule has 2 aromatic rings. The molecule has 0 aliphatic carbocycles. The number of hydrogen-bond donors (Lipinski definition) is 2. The van der Waals surface area contributed by atoms with Crippen LogP contribution in [0.4, 0.5) is 11.6 Å². The summed E-state index contributed by atoms with van der Waals surface area (Å²) in [7, 11) is 0. The monoisotopic (exact) mass is 308 g/mol. The number of aromatic nitrogens is 3. The van der Waals surface area contributed by atoms with Crippen molar-refractivity contribution in [2.45, 2.75) is 17.0 Å². The van der Waals surface area contributed by atoms with Crippen molar-refractivity contribution in [3.8, 4) is 6.01 Å². The van der Waals surface area contributed by atoms with E-state index in [1.165, 1.54) is 23.9 Å². The van der Waals surface area contributed by atoms with Gasteiger partial charge < -0.3 is 4.74 Å². The number of hydrazine groups is 1. The lowest BCUT2D eigenvalue weighted by molar-refractivity contribution is -0.384. The third kappa shape index (κ3) is 4.00. The molecule has 0 saturated heterocycles. The van der Waals surface area contributed by atoms with Gasteiger partial charge in [-0.1, -0.05) is 0 Å². The Kier molecular flexibility index (Phi) is 4.85. The Bertz CT molecular complexity index is 636. The van der Waals surface area contributed by atoms with Crippen molar-refractivity contribution < 1.29 is 9.66 Å². The number of nitro benzene ring substituents is 1. The Hall–Kier alpha value is -2.46. The van der Waals surface area contributed by atoms with Crippen LogP contribution in [0, 0.1) is 10.1 Å². The summed E-state index contributed by atoms with van der Waals surface area (Å²) in [5, 5.41) is 11.0. The Morgan fingerprint density at radius 1 is 1.33 bits per heavy atom. The molecule has 1 aromatic heterocycles. The van der Waals surface area contributed by atoms with Crippen LogP contribution in [0.2, 0.25) is 0 Å². The van der Waals surface area contributed by atoms with E-state index in [1.807, 2.05) is 6.92 Å². The van der Waals surface area contributed by atoms with Crippen molar-refractivity contribution >= 4 is 23.4 Å². The molecule has 0 fully saturated rings. The van der Waals surface area contributed by atoms with Gasteiger partial charge >= 0.3 is 6.01 Å². The zero-order valence-electron chi connectivity index (χ0n) is 11.0. The van der Waals surface area contributed by atoms with Gasteiger partial charge in [0.1, 0.15) is 0 Å². The minimum atomic E-state index is -0.457. The molecule has 0 aliphatic rings. The van der Waals surface area contributed by atoms with Gasteiger partial charge in [0.2, 0.25) is 11.1 Å². The average molecular weight is 308 g/mol. The van der Waals surface area contributed by atoms with Gasteiger partial charge in [-0.3, -0.25) is 15.5 Å². The molecule has 0 radical (unpaired) electrons. The first-order valence-electron chi connectivity index (χ1n) is 5.90. The Morgan fingerprint density at radius 2 is 2.05 bits per heavy atom. The van der Waals surface area contributed by atoms with Gasteiger partial charge in [0, 0.05) is 17.0 Å². The van der Waals surface area contributed by atoms with Crippen molar-refractivity contribution in [3.63, 3.8) is 0 Å². The average Bonchev–Trinajstić information content (AvgIpc) is 2.48. The van der Waals surface area contributed by atoms with Crippen molar-refractivity contribution in [1.29, 1.82) is 0 Å². The summed E-state index contributed by atoms with van der Waals surface area (Å²) in [6.45, 7) is 2.22. The van der Waals surface area contributed by atoms with Gasteiger partial charge in [0.05, 0.1) is 11.5 Å². The molecule has 10 heteroatoms. The zero-order chi connectivity index (χ0) is 15.2. The van der Waals surface area contributed by atoms with Gasteiger partial charge in [-0.15, -0.1) is 0 Å². The van der Waals surface area contributed by atoms with Gasteiger partial charge in [0.15, 0.2) is 0 Å². The molecule has 9 nitrogen and oxygen atoms in total. The van der Waals surface area contributed by atoms with E-state index in [1.54, 1.807) is 12.1 Å². The van der Waals surface area contributed by atoms with Crippen LogP contribution in [0.15, 0.2) is 34.3 Å². The zero-order valence-corrected chi connectivity index (χ0v) is 11.8. The van der Waals surface area contributed by atoms with Crippen LogP contribution in [0.5, 0.6) is 6.01 Å². The summed E-state index contributed by atoms with van der Waals surface area (Å²) < 4.78 is 5.22. The largest absolute Gasteiger partial charge is 0.464 e. The second kappa shape index (κ2) is 6.81. The van der Waals surface area contributed by atoms with Crippen molar-refractivity contribution in [1.82, 2.24) is 15.0 Å². The highest BCUT2D eigenvalue weighted by molar-refractivity contribution is 7.99. The maximum Gasteiger partial charge on any atom is 0.322 e. The minimum absolute atomic E-state index is 0.0225. The summed E-state index contributed by atoms with van der Waals surface area (Å²) in [5.41, 5.74) is 2.35. The first-order chi connectivity index (χ1) is 10.1. The predicted molar refractivity (Wildman–Crippen MR) is 76.0 cm³/mol. The predicted octanol–water partition coefficient (Wildman–Crippen LogP) is 1.62. The van der Waals surface area contributed by atoms with Crippen LogP contribution in [-0.2, 0) is 0 Å². The van der Waals surface area contributed by atoms with Gasteiger partial charge in [-0.2, -0.15) is 15.0 Å². The number of nitrogen functional groups attached to an aromatic ring is 1. The third-order valence-electron chi connectivity index (χ3n) is 2.25. The third-order valence-corrected chi connectivity index (χ3v) is 3.13. The molecule has 1 aromatic carbocycles. The summed E-state index contributed by atoms with van der Waals surface area (Å²) in [6, 6.07) is 6.21. The molecule has 0 unspecified atom stereocenters. The van der Waals surface area contributed by atoms with Crippen LogP contribution in [0.1, 0.15) is 6.92 Å². The fourth-order valence-electron chi connectivity index (χ4n) is 1.38. The van der Waals surface area contributed by atoms with Crippen molar-refractivity contribution in [2.24, 2.45) is 5.84 Å². The standard InChI is InChI=1S/C11H12N6O3S/c1-2-20-10-13-9(16-12)14-11(15-10)21-8-5-3-7(4-6-8)17(18)19/h3-6H,2,12H2,1H3,(H,13,14,15,16). The Balaban J connectivity index is 2.21. The lowest BCUT2D eigenvalue weighted by Crippen LogP contribution is -2.12. The number of nitrogens with two attached hydrogens (primary N) is 1. The molecule has 3 N–H and O–H groups in total. The number of benzene rings is 1. The number of hydrogen-bond acceptors (Lipinski definition) is 9. The number of nitrogens with zero attached hydrogens (tertiary/aromatic N) is 4. The second-order valence-corrected chi connectivity index (χ2v) is 4.70. The van der Waals surface area contributed by atoms with E-state index < -0.39 is 4.92 Å². The lowest BCUT2D eigenvalue weighted by Gasteiger charge is -2.06. The van der Waals surface area contributed by atoms with E-state index in [2.05, 4.69) is 20.4 Å². The molecular formula is C11H12N6O3S. The highest BCUT2D eigenvalue weighted by Crippen LogP contribution is 2.27. The number of anilines is 1. The number of nitrogens with one attached hydrogen (secondary N) is 1. The fourth-order valence-corrected chi connectivity index (χ4v) is 2.12. The first kappa shape index (κ1) is 14.9. The summed E-state index contributed by atoms with van der Waals surface area (Å²) in [5.74, 6) is 5.47. The maximum absolute atomic E-state index is 10.6. The number of non-ortho nitro benzene ring substituents is 1. The maximum atomic E-state index is 10.6. The number of rotatable bonds is 6. The number of ether oxygens (including phenoxy) is 1. The molecule has 110 valence electrons. The van der Waals surface area contributed by atoms with Crippen LogP contribution in [-0.4, -0.2) is 26.5 Å². The molecule has 1 heterocycles. The number of nitro groups is 1. The Labute approximate surface area is 124 Å². The minimum Gasteiger partial charge on any atom is -0.464 e. The second-order valence-electron chi connectivity index (χ2n) is 3.65. The van der Waals surface area contributed by atoms with E-state index in [0.29, 0.717) is 11.8 Å². The van der Waals surface area contributed by atoms with Gasteiger partial charge in [-0.25, -0.2) is 5.84 Å². The van der Waals surface area contributed by atoms with Gasteiger partial charge in [-0.05, 0) is 30.8 Å². The molecule has 0 bridgehead atoms. The van der Waals surface area contributed by atoms with Crippen LogP contribution < -0.4 is 16.0 Å². The molecular weight excluding hydrogens is 296 g/mol.